The first kappa shape index (κ1) is 13.4. The van der Waals surface area contributed by atoms with Crippen LogP contribution >= 0.6 is 0 Å². The van der Waals surface area contributed by atoms with Gasteiger partial charge in [0.2, 0.25) is 10.0 Å². The van der Waals surface area contributed by atoms with Crippen molar-refractivity contribution in [2.45, 2.75) is 30.7 Å². The SMILES string of the molecule is CC(Nc1ccc(S(=O)(=O)N(C)C)cc1)C1CC1. The number of sulfonamides is 1. The van der Waals surface area contributed by atoms with E-state index in [4.69, 9.17) is 0 Å². The highest BCUT2D eigenvalue weighted by molar-refractivity contribution is 7.89. The fraction of sp³-hybridized carbons (Fsp3) is 0.538. The summed E-state index contributed by atoms with van der Waals surface area (Å²) in [6.07, 6.45) is 2.59. The summed E-state index contributed by atoms with van der Waals surface area (Å²) >= 11 is 0. The normalized spacial score (nSPS) is 17.8. The zero-order chi connectivity index (χ0) is 13.3. The minimum Gasteiger partial charge on any atom is -0.382 e. The molecular formula is C13H20N2O2S. The summed E-state index contributed by atoms with van der Waals surface area (Å²) in [6.45, 7) is 2.17. The highest BCUT2D eigenvalue weighted by Gasteiger charge is 2.27. The van der Waals surface area contributed by atoms with Crippen LogP contribution in [-0.4, -0.2) is 32.9 Å². The van der Waals surface area contributed by atoms with E-state index in [2.05, 4.69) is 12.2 Å². The summed E-state index contributed by atoms with van der Waals surface area (Å²) in [5, 5.41) is 3.40. The molecule has 1 aromatic rings. The number of hydrogen-bond acceptors (Lipinski definition) is 3. The van der Waals surface area contributed by atoms with E-state index >= 15 is 0 Å². The van der Waals surface area contributed by atoms with Crippen LogP contribution in [0.5, 0.6) is 0 Å². The van der Waals surface area contributed by atoms with Gasteiger partial charge in [-0.1, -0.05) is 0 Å². The topological polar surface area (TPSA) is 49.4 Å². The molecule has 0 saturated heterocycles. The summed E-state index contributed by atoms with van der Waals surface area (Å²) in [5.41, 5.74) is 0.979. The standard InChI is InChI=1S/C13H20N2O2S/c1-10(11-4-5-11)14-12-6-8-13(9-7-12)18(16,17)15(2)3/h6-11,14H,4-5H2,1-3H3. The molecule has 0 spiro atoms. The second-order valence-electron chi connectivity index (χ2n) is 5.08. The lowest BCUT2D eigenvalue weighted by Crippen LogP contribution is -2.22. The molecule has 1 saturated carbocycles. The zero-order valence-electron chi connectivity index (χ0n) is 11.1. The maximum atomic E-state index is 11.9. The van der Waals surface area contributed by atoms with Crippen molar-refractivity contribution < 1.29 is 8.42 Å². The molecule has 2 rings (SSSR count). The van der Waals surface area contributed by atoms with Crippen molar-refractivity contribution in [3.8, 4) is 0 Å². The van der Waals surface area contributed by atoms with Crippen molar-refractivity contribution in [1.82, 2.24) is 4.31 Å². The second kappa shape index (κ2) is 4.90. The Hall–Kier alpha value is -1.07. The minimum absolute atomic E-state index is 0.331. The molecule has 0 bridgehead atoms. The van der Waals surface area contributed by atoms with Crippen LogP contribution in [0.4, 0.5) is 5.69 Å². The summed E-state index contributed by atoms with van der Waals surface area (Å²) in [6, 6.07) is 7.42. The molecule has 5 heteroatoms. The van der Waals surface area contributed by atoms with Gasteiger partial charge in [-0.25, -0.2) is 12.7 Å². The van der Waals surface area contributed by atoms with Crippen molar-refractivity contribution in [1.29, 1.82) is 0 Å². The lowest BCUT2D eigenvalue weighted by molar-refractivity contribution is 0.521. The maximum Gasteiger partial charge on any atom is 0.242 e. The van der Waals surface area contributed by atoms with E-state index in [-0.39, 0.29) is 0 Å². The van der Waals surface area contributed by atoms with E-state index in [1.165, 1.54) is 31.2 Å². The van der Waals surface area contributed by atoms with Gasteiger partial charge in [-0.3, -0.25) is 0 Å². The van der Waals surface area contributed by atoms with E-state index in [1.807, 2.05) is 12.1 Å². The number of benzene rings is 1. The van der Waals surface area contributed by atoms with Crippen LogP contribution in [0.2, 0.25) is 0 Å². The van der Waals surface area contributed by atoms with Gasteiger partial charge < -0.3 is 5.32 Å². The number of nitrogens with one attached hydrogen (secondary N) is 1. The Morgan fingerprint density at radius 1 is 1.22 bits per heavy atom. The Bertz CT molecular complexity index is 504. The Morgan fingerprint density at radius 3 is 2.22 bits per heavy atom. The number of hydrogen-bond donors (Lipinski definition) is 1. The van der Waals surface area contributed by atoms with Crippen LogP contribution in [0.1, 0.15) is 19.8 Å². The maximum absolute atomic E-state index is 11.9. The van der Waals surface area contributed by atoms with Gasteiger partial charge in [-0.05, 0) is 49.9 Å². The zero-order valence-corrected chi connectivity index (χ0v) is 11.9. The van der Waals surface area contributed by atoms with Gasteiger partial charge in [-0.15, -0.1) is 0 Å². The van der Waals surface area contributed by atoms with E-state index in [0.29, 0.717) is 10.9 Å². The van der Waals surface area contributed by atoms with Gasteiger partial charge in [0.15, 0.2) is 0 Å². The van der Waals surface area contributed by atoms with E-state index in [1.54, 1.807) is 12.1 Å². The summed E-state index contributed by atoms with van der Waals surface area (Å²) in [7, 11) is -0.244. The van der Waals surface area contributed by atoms with Crippen molar-refractivity contribution >= 4 is 15.7 Å². The van der Waals surface area contributed by atoms with Crippen LogP contribution in [0.3, 0.4) is 0 Å². The highest BCUT2D eigenvalue weighted by Crippen LogP contribution is 2.34. The fourth-order valence-corrected chi connectivity index (χ4v) is 2.81. The van der Waals surface area contributed by atoms with Crippen molar-refractivity contribution in [2.75, 3.05) is 19.4 Å². The Balaban J connectivity index is 2.10. The third-order valence-corrected chi connectivity index (χ3v) is 5.19. The van der Waals surface area contributed by atoms with Crippen LogP contribution in [-0.2, 0) is 10.0 Å². The molecular weight excluding hydrogens is 248 g/mol. The minimum atomic E-state index is -3.32. The molecule has 1 N–H and O–H groups in total. The number of nitrogens with zero attached hydrogens (tertiary/aromatic N) is 1. The molecule has 1 aliphatic rings. The smallest absolute Gasteiger partial charge is 0.242 e. The van der Waals surface area contributed by atoms with Crippen LogP contribution in [0.15, 0.2) is 29.2 Å². The van der Waals surface area contributed by atoms with Crippen molar-refractivity contribution in [3.63, 3.8) is 0 Å². The first-order valence-electron chi connectivity index (χ1n) is 6.20. The molecule has 1 fully saturated rings. The quantitative estimate of drug-likeness (QED) is 0.890. The van der Waals surface area contributed by atoms with E-state index < -0.39 is 10.0 Å². The first-order chi connectivity index (χ1) is 8.41. The molecule has 1 aromatic carbocycles. The molecule has 1 atom stereocenters. The van der Waals surface area contributed by atoms with Crippen LogP contribution < -0.4 is 5.32 Å². The molecule has 1 unspecified atom stereocenters. The lowest BCUT2D eigenvalue weighted by atomic mass is 10.2. The first-order valence-corrected chi connectivity index (χ1v) is 7.64. The largest absolute Gasteiger partial charge is 0.382 e. The van der Waals surface area contributed by atoms with Crippen molar-refractivity contribution in [3.05, 3.63) is 24.3 Å². The molecule has 0 amide bonds. The van der Waals surface area contributed by atoms with Crippen LogP contribution in [0, 0.1) is 5.92 Å². The average molecular weight is 268 g/mol. The van der Waals surface area contributed by atoms with Gasteiger partial charge in [0.25, 0.3) is 0 Å². The fourth-order valence-electron chi connectivity index (χ4n) is 1.91. The lowest BCUT2D eigenvalue weighted by Gasteiger charge is -2.15. The Labute approximate surface area is 109 Å². The van der Waals surface area contributed by atoms with Crippen LogP contribution in [0.25, 0.3) is 0 Å². The molecule has 18 heavy (non-hydrogen) atoms. The molecule has 100 valence electrons. The molecule has 4 nitrogen and oxygen atoms in total. The Morgan fingerprint density at radius 2 is 1.78 bits per heavy atom. The summed E-state index contributed by atoms with van der Waals surface area (Å²) < 4.78 is 25.0. The van der Waals surface area contributed by atoms with Gasteiger partial charge in [-0.2, -0.15) is 0 Å². The molecule has 0 aliphatic heterocycles. The molecule has 0 radical (unpaired) electrons. The van der Waals surface area contributed by atoms with Gasteiger partial charge >= 0.3 is 0 Å². The number of rotatable bonds is 5. The monoisotopic (exact) mass is 268 g/mol. The molecule has 1 aliphatic carbocycles. The molecule has 0 heterocycles. The van der Waals surface area contributed by atoms with Gasteiger partial charge in [0.05, 0.1) is 4.90 Å². The van der Waals surface area contributed by atoms with E-state index in [9.17, 15) is 8.42 Å². The third-order valence-electron chi connectivity index (χ3n) is 3.36. The Kier molecular flexibility index (Phi) is 3.64. The van der Waals surface area contributed by atoms with E-state index in [0.717, 1.165) is 11.6 Å². The summed E-state index contributed by atoms with van der Waals surface area (Å²) in [4.78, 5) is 0.331. The summed E-state index contributed by atoms with van der Waals surface area (Å²) in [5.74, 6) is 0.773. The highest BCUT2D eigenvalue weighted by atomic mass is 32.2. The van der Waals surface area contributed by atoms with Crippen molar-refractivity contribution in [2.24, 2.45) is 5.92 Å². The predicted octanol–water partition coefficient (Wildman–Crippen LogP) is 2.15. The molecule has 0 aromatic heterocycles. The predicted molar refractivity (Wildman–Crippen MR) is 73.1 cm³/mol. The van der Waals surface area contributed by atoms with Gasteiger partial charge in [0, 0.05) is 25.8 Å². The average Bonchev–Trinajstić information content (AvgIpc) is 3.13. The number of anilines is 1. The third kappa shape index (κ3) is 2.84. The second-order valence-corrected chi connectivity index (χ2v) is 7.23. The van der Waals surface area contributed by atoms with Gasteiger partial charge in [0.1, 0.15) is 0 Å².